The van der Waals surface area contributed by atoms with Gasteiger partial charge in [0.1, 0.15) is 5.69 Å². The molecule has 0 aliphatic rings. The first-order valence-electron chi connectivity index (χ1n) is 8.25. The molecule has 1 amide bonds. The molecule has 26 heavy (non-hydrogen) atoms. The molecule has 1 N–H and O–H groups in total. The highest BCUT2D eigenvalue weighted by atomic mass is 16.1. The lowest BCUT2D eigenvalue weighted by Crippen LogP contribution is -2.13. The van der Waals surface area contributed by atoms with Gasteiger partial charge in [-0.25, -0.2) is 4.68 Å². The summed E-state index contributed by atoms with van der Waals surface area (Å²) in [5, 5.41) is 11.4. The van der Waals surface area contributed by atoms with Gasteiger partial charge in [-0.1, -0.05) is 65.9 Å². The fourth-order valence-electron chi connectivity index (χ4n) is 2.69. The van der Waals surface area contributed by atoms with Crippen molar-refractivity contribution in [2.24, 2.45) is 0 Å². The van der Waals surface area contributed by atoms with E-state index in [1.807, 2.05) is 79.0 Å². The molecule has 4 aromatic rings. The zero-order valence-electron chi connectivity index (χ0n) is 13.9. The molecule has 0 saturated heterocycles. The Morgan fingerprint density at radius 3 is 2.23 bits per heavy atom. The minimum atomic E-state index is -0.165. The standard InChI is InChI=1S/C21H16N4O/c26-21(17-11-5-2-6-12-17)22-18-13-7-8-14-20(18)25-15-19(23-24-25)16-9-3-1-4-10-16/h1-15H,(H,22,26). The number of amides is 1. The topological polar surface area (TPSA) is 59.8 Å². The van der Waals surface area contributed by atoms with Crippen molar-refractivity contribution in [3.05, 3.63) is 96.7 Å². The van der Waals surface area contributed by atoms with Gasteiger partial charge in [0.15, 0.2) is 0 Å². The largest absolute Gasteiger partial charge is 0.320 e. The molecule has 1 heterocycles. The lowest BCUT2D eigenvalue weighted by atomic mass is 10.2. The molecule has 0 saturated carbocycles. The quantitative estimate of drug-likeness (QED) is 0.606. The van der Waals surface area contributed by atoms with Crippen LogP contribution in [0.1, 0.15) is 10.4 Å². The first-order valence-corrected chi connectivity index (χ1v) is 8.25. The second-order valence-corrected chi connectivity index (χ2v) is 5.75. The zero-order chi connectivity index (χ0) is 17.8. The summed E-state index contributed by atoms with van der Waals surface area (Å²) in [7, 11) is 0. The van der Waals surface area contributed by atoms with Gasteiger partial charge < -0.3 is 5.32 Å². The van der Waals surface area contributed by atoms with Crippen molar-refractivity contribution in [3.8, 4) is 16.9 Å². The SMILES string of the molecule is O=C(Nc1ccccc1-n1cc(-c2ccccc2)nn1)c1ccccc1. The van der Waals surface area contributed by atoms with Gasteiger partial charge in [0.25, 0.3) is 5.91 Å². The Labute approximate surface area is 150 Å². The molecule has 126 valence electrons. The highest BCUT2D eigenvalue weighted by Gasteiger charge is 2.12. The summed E-state index contributed by atoms with van der Waals surface area (Å²) in [6, 6.07) is 26.5. The van der Waals surface area contributed by atoms with Crippen LogP contribution in [0.25, 0.3) is 16.9 Å². The fourth-order valence-corrected chi connectivity index (χ4v) is 2.69. The van der Waals surface area contributed by atoms with Crippen molar-refractivity contribution in [1.29, 1.82) is 0 Å². The molecule has 0 bridgehead atoms. The summed E-state index contributed by atoms with van der Waals surface area (Å²) in [4.78, 5) is 12.5. The molecule has 4 rings (SSSR count). The Hall–Kier alpha value is -3.73. The number of rotatable bonds is 4. The molecule has 0 aliphatic heterocycles. The number of para-hydroxylation sites is 2. The Bertz CT molecular complexity index is 1030. The van der Waals surface area contributed by atoms with Crippen LogP contribution < -0.4 is 5.32 Å². The van der Waals surface area contributed by atoms with E-state index in [4.69, 9.17) is 0 Å². The maximum absolute atomic E-state index is 12.5. The maximum Gasteiger partial charge on any atom is 0.255 e. The highest BCUT2D eigenvalue weighted by molar-refractivity contribution is 6.05. The van der Waals surface area contributed by atoms with Crippen LogP contribution in [0, 0.1) is 0 Å². The molecular formula is C21H16N4O. The van der Waals surface area contributed by atoms with Crippen LogP contribution in [0.5, 0.6) is 0 Å². The van der Waals surface area contributed by atoms with Crippen LogP contribution in [0.4, 0.5) is 5.69 Å². The van der Waals surface area contributed by atoms with Crippen LogP contribution in [0.2, 0.25) is 0 Å². The van der Waals surface area contributed by atoms with E-state index >= 15 is 0 Å². The molecule has 0 unspecified atom stereocenters. The van der Waals surface area contributed by atoms with Crippen LogP contribution >= 0.6 is 0 Å². The summed E-state index contributed by atoms with van der Waals surface area (Å²) < 4.78 is 1.67. The summed E-state index contributed by atoms with van der Waals surface area (Å²) in [5.41, 5.74) is 3.79. The third-order valence-electron chi connectivity index (χ3n) is 4.00. The lowest BCUT2D eigenvalue weighted by Gasteiger charge is -2.10. The van der Waals surface area contributed by atoms with Crippen molar-refractivity contribution in [2.75, 3.05) is 5.32 Å². The minimum absolute atomic E-state index is 0.165. The van der Waals surface area contributed by atoms with Crippen molar-refractivity contribution in [2.45, 2.75) is 0 Å². The van der Waals surface area contributed by atoms with Gasteiger partial charge in [-0.3, -0.25) is 4.79 Å². The van der Waals surface area contributed by atoms with E-state index in [1.165, 1.54) is 0 Å². The Morgan fingerprint density at radius 2 is 1.46 bits per heavy atom. The molecule has 0 fully saturated rings. The van der Waals surface area contributed by atoms with Crippen LogP contribution in [-0.2, 0) is 0 Å². The molecule has 0 aliphatic carbocycles. The van der Waals surface area contributed by atoms with Gasteiger partial charge in [0, 0.05) is 11.1 Å². The second kappa shape index (κ2) is 7.03. The Kier molecular flexibility index (Phi) is 4.26. The Morgan fingerprint density at radius 1 is 0.808 bits per heavy atom. The van der Waals surface area contributed by atoms with E-state index in [-0.39, 0.29) is 5.91 Å². The normalized spacial score (nSPS) is 10.5. The first kappa shape index (κ1) is 15.8. The number of nitrogens with one attached hydrogen (secondary N) is 1. The molecule has 0 radical (unpaired) electrons. The van der Waals surface area contributed by atoms with Crippen molar-refractivity contribution in [3.63, 3.8) is 0 Å². The summed E-state index contributed by atoms with van der Waals surface area (Å²) in [6.45, 7) is 0. The van der Waals surface area contributed by atoms with Gasteiger partial charge in [-0.2, -0.15) is 0 Å². The van der Waals surface area contributed by atoms with Crippen LogP contribution in [0.3, 0.4) is 0 Å². The van der Waals surface area contributed by atoms with Crippen molar-refractivity contribution < 1.29 is 4.79 Å². The molecule has 0 atom stereocenters. The summed E-state index contributed by atoms with van der Waals surface area (Å²) in [5.74, 6) is -0.165. The van der Waals surface area contributed by atoms with Gasteiger partial charge >= 0.3 is 0 Å². The number of carbonyl (C=O) groups excluding carboxylic acids is 1. The summed E-state index contributed by atoms with van der Waals surface area (Å²) in [6.07, 6.45) is 1.85. The third-order valence-corrected chi connectivity index (χ3v) is 4.00. The zero-order valence-corrected chi connectivity index (χ0v) is 13.9. The molecule has 5 nitrogen and oxygen atoms in total. The highest BCUT2D eigenvalue weighted by Crippen LogP contribution is 2.22. The molecule has 1 aromatic heterocycles. The first-order chi connectivity index (χ1) is 12.8. The van der Waals surface area contributed by atoms with E-state index in [2.05, 4.69) is 15.6 Å². The number of anilines is 1. The average molecular weight is 340 g/mol. The fraction of sp³-hybridized carbons (Fsp3) is 0. The van der Waals surface area contributed by atoms with Crippen LogP contribution in [-0.4, -0.2) is 20.9 Å². The predicted molar refractivity (Wildman–Crippen MR) is 101 cm³/mol. The van der Waals surface area contributed by atoms with E-state index in [1.54, 1.807) is 16.8 Å². The number of hydrogen-bond acceptors (Lipinski definition) is 3. The predicted octanol–water partition coefficient (Wildman–Crippen LogP) is 4.19. The number of hydrogen-bond donors (Lipinski definition) is 1. The summed E-state index contributed by atoms with van der Waals surface area (Å²) >= 11 is 0. The van der Waals surface area contributed by atoms with E-state index in [0.29, 0.717) is 11.3 Å². The maximum atomic E-state index is 12.5. The van der Waals surface area contributed by atoms with E-state index in [0.717, 1.165) is 16.9 Å². The number of aromatic nitrogens is 3. The lowest BCUT2D eigenvalue weighted by molar-refractivity contribution is 0.102. The third kappa shape index (κ3) is 3.23. The molecular weight excluding hydrogens is 324 g/mol. The minimum Gasteiger partial charge on any atom is -0.320 e. The molecule has 5 heteroatoms. The van der Waals surface area contributed by atoms with E-state index in [9.17, 15) is 4.79 Å². The van der Waals surface area contributed by atoms with Gasteiger partial charge in [-0.05, 0) is 24.3 Å². The van der Waals surface area contributed by atoms with Crippen LogP contribution in [0.15, 0.2) is 91.1 Å². The van der Waals surface area contributed by atoms with Gasteiger partial charge in [-0.15, -0.1) is 5.10 Å². The van der Waals surface area contributed by atoms with Crippen molar-refractivity contribution in [1.82, 2.24) is 15.0 Å². The monoisotopic (exact) mass is 340 g/mol. The van der Waals surface area contributed by atoms with E-state index < -0.39 is 0 Å². The van der Waals surface area contributed by atoms with Gasteiger partial charge in [0.05, 0.1) is 17.6 Å². The smallest absolute Gasteiger partial charge is 0.255 e. The number of benzene rings is 3. The second-order valence-electron chi connectivity index (χ2n) is 5.75. The van der Waals surface area contributed by atoms with Gasteiger partial charge in [0.2, 0.25) is 0 Å². The average Bonchev–Trinajstić information content (AvgIpc) is 3.20. The number of nitrogens with zero attached hydrogens (tertiary/aromatic N) is 3. The molecule has 3 aromatic carbocycles. The van der Waals surface area contributed by atoms with Crippen molar-refractivity contribution >= 4 is 11.6 Å². The Balaban J connectivity index is 1.64. The number of carbonyl (C=O) groups is 1. The molecule has 0 spiro atoms.